The lowest BCUT2D eigenvalue weighted by Crippen LogP contribution is -2.26. The number of nitrogens with zero attached hydrogens (tertiary/aromatic N) is 1. The van der Waals surface area contributed by atoms with Gasteiger partial charge in [-0.1, -0.05) is 24.3 Å². The molecule has 0 unspecified atom stereocenters. The number of nitro groups is 1. The lowest BCUT2D eigenvalue weighted by atomic mass is 10.1. The second-order valence-corrected chi connectivity index (χ2v) is 5.71. The smallest absolute Gasteiger partial charge is 0.273 e. The van der Waals surface area contributed by atoms with Gasteiger partial charge in [-0.2, -0.15) is 0 Å². The molecule has 0 saturated heterocycles. The van der Waals surface area contributed by atoms with Gasteiger partial charge in [0.15, 0.2) is 11.5 Å². The molecular formula is C19H22N2O5. The Hall–Kier alpha value is -3.09. The molecule has 138 valence electrons. The van der Waals surface area contributed by atoms with Gasteiger partial charge in [-0.05, 0) is 30.5 Å². The van der Waals surface area contributed by atoms with Crippen molar-refractivity contribution in [3.8, 4) is 11.5 Å². The molecule has 1 N–H and O–H groups in total. The average molecular weight is 358 g/mol. The van der Waals surface area contributed by atoms with E-state index in [0.29, 0.717) is 23.6 Å². The molecule has 0 spiro atoms. The van der Waals surface area contributed by atoms with Crippen molar-refractivity contribution in [1.29, 1.82) is 0 Å². The van der Waals surface area contributed by atoms with Crippen LogP contribution in [0.25, 0.3) is 0 Å². The predicted molar refractivity (Wildman–Crippen MR) is 97.7 cm³/mol. The monoisotopic (exact) mass is 358 g/mol. The van der Waals surface area contributed by atoms with Crippen molar-refractivity contribution < 1.29 is 19.2 Å². The maximum atomic E-state index is 12.0. The maximum Gasteiger partial charge on any atom is 0.273 e. The van der Waals surface area contributed by atoms with Crippen molar-refractivity contribution in [2.24, 2.45) is 0 Å². The third-order valence-electron chi connectivity index (χ3n) is 3.95. The van der Waals surface area contributed by atoms with E-state index in [1.807, 2.05) is 18.2 Å². The molecule has 0 fully saturated rings. The second kappa shape index (κ2) is 9.41. The molecule has 0 bridgehead atoms. The van der Waals surface area contributed by atoms with Crippen LogP contribution in [-0.2, 0) is 17.6 Å². The minimum atomic E-state index is -0.473. The lowest BCUT2D eigenvalue weighted by molar-refractivity contribution is -0.385. The van der Waals surface area contributed by atoms with Crippen LogP contribution >= 0.6 is 0 Å². The molecule has 7 heteroatoms. The summed E-state index contributed by atoms with van der Waals surface area (Å²) in [5.41, 5.74) is 1.46. The number of nitro benzene ring substituents is 1. The molecule has 0 radical (unpaired) electrons. The Morgan fingerprint density at radius 2 is 1.85 bits per heavy atom. The SMILES string of the molecule is COc1ccc(CCCNC(=O)Cc2ccccc2[N+](=O)[O-])cc1OC. The van der Waals surface area contributed by atoms with Crippen LogP contribution in [0.4, 0.5) is 5.69 Å². The first-order valence-electron chi connectivity index (χ1n) is 8.25. The number of para-hydroxylation sites is 1. The number of ether oxygens (including phenoxy) is 2. The van der Waals surface area contributed by atoms with Crippen molar-refractivity contribution in [2.45, 2.75) is 19.3 Å². The molecule has 0 atom stereocenters. The summed E-state index contributed by atoms with van der Waals surface area (Å²) < 4.78 is 10.5. The molecule has 7 nitrogen and oxygen atoms in total. The van der Waals surface area contributed by atoms with Crippen molar-refractivity contribution in [2.75, 3.05) is 20.8 Å². The average Bonchev–Trinajstić information content (AvgIpc) is 2.65. The number of methoxy groups -OCH3 is 2. The number of aryl methyl sites for hydroxylation is 1. The normalized spacial score (nSPS) is 10.2. The molecule has 0 aromatic heterocycles. The van der Waals surface area contributed by atoms with Gasteiger partial charge in [0.2, 0.25) is 5.91 Å². The van der Waals surface area contributed by atoms with Gasteiger partial charge in [0.25, 0.3) is 5.69 Å². The number of carbonyl (C=O) groups excluding carboxylic acids is 1. The fourth-order valence-corrected chi connectivity index (χ4v) is 2.63. The van der Waals surface area contributed by atoms with Gasteiger partial charge in [-0.15, -0.1) is 0 Å². The van der Waals surface area contributed by atoms with Gasteiger partial charge >= 0.3 is 0 Å². The highest BCUT2D eigenvalue weighted by molar-refractivity contribution is 5.79. The van der Waals surface area contributed by atoms with Gasteiger partial charge in [0.05, 0.1) is 25.6 Å². The van der Waals surface area contributed by atoms with E-state index in [1.165, 1.54) is 6.07 Å². The third-order valence-corrected chi connectivity index (χ3v) is 3.95. The summed E-state index contributed by atoms with van der Waals surface area (Å²) in [5.74, 6) is 1.12. The maximum absolute atomic E-state index is 12.0. The van der Waals surface area contributed by atoms with Gasteiger partial charge in [-0.25, -0.2) is 0 Å². The fourth-order valence-electron chi connectivity index (χ4n) is 2.63. The zero-order valence-electron chi connectivity index (χ0n) is 14.9. The molecule has 1 amide bonds. The van der Waals surface area contributed by atoms with Gasteiger partial charge < -0.3 is 14.8 Å². The highest BCUT2D eigenvalue weighted by atomic mass is 16.6. The van der Waals surface area contributed by atoms with E-state index in [0.717, 1.165) is 18.4 Å². The highest BCUT2D eigenvalue weighted by Gasteiger charge is 2.15. The first-order chi connectivity index (χ1) is 12.5. The van der Waals surface area contributed by atoms with Gasteiger partial charge in [-0.3, -0.25) is 14.9 Å². The van der Waals surface area contributed by atoms with E-state index >= 15 is 0 Å². The predicted octanol–water partition coefficient (Wildman–Crippen LogP) is 2.90. The largest absolute Gasteiger partial charge is 0.493 e. The van der Waals surface area contributed by atoms with Crippen LogP contribution < -0.4 is 14.8 Å². The fraction of sp³-hybridized carbons (Fsp3) is 0.316. The van der Waals surface area contributed by atoms with Crippen LogP contribution in [-0.4, -0.2) is 31.6 Å². The molecule has 0 saturated carbocycles. The Labute approximate surface area is 152 Å². The summed E-state index contributed by atoms with van der Waals surface area (Å²) in [5, 5.41) is 13.8. The third kappa shape index (κ3) is 5.20. The Kier molecular flexibility index (Phi) is 6.96. The minimum absolute atomic E-state index is 0.00644. The van der Waals surface area contributed by atoms with Crippen LogP contribution in [0.1, 0.15) is 17.5 Å². The minimum Gasteiger partial charge on any atom is -0.493 e. The molecule has 0 heterocycles. The number of rotatable bonds is 9. The summed E-state index contributed by atoms with van der Waals surface area (Å²) in [4.78, 5) is 22.5. The molecule has 26 heavy (non-hydrogen) atoms. The quantitative estimate of drug-likeness (QED) is 0.423. The van der Waals surface area contributed by atoms with Crippen molar-refractivity contribution >= 4 is 11.6 Å². The van der Waals surface area contributed by atoms with E-state index in [1.54, 1.807) is 32.4 Å². The number of hydrogen-bond donors (Lipinski definition) is 1. The molecule has 2 aromatic rings. The lowest BCUT2D eigenvalue weighted by Gasteiger charge is -2.10. The number of amides is 1. The standard InChI is InChI=1S/C19H22N2O5/c1-25-17-10-9-14(12-18(17)26-2)6-5-11-20-19(22)13-15-7-3-4-8-16(15)21(23)24/h3-4,7-10,12H,5-6,11,13H2,1-2H3,(H,20,22). The molecule has 2 aromatic carbocycles. The summed E-state index contributed by atoms with van der Waals surface area (Å²) in [6.07, 6.45) is 1.51. The number of hydrogen-bond acceptors (Lipinski definition) is 5. The second-order valence-electron chi connectivity index (χ2n) is 5.71. The first-order valence-corrected chi connectivity index (χ1v) is 8.25. The molecule has 0 aliphatic heterocycles. The summed E-state index contributed by atoms with van der Waals surface area (Å²) >= 11 is 0. The van der Waals surface area contributed by atoms with Crippen LogP contribution in [0.3, 0.4) is 0 Å². The highest BCUT2D eigenvalue weighted by Crippen LogP contribution is 2.27. The molecule has 0 aliphatic rings. The van der Waals surface area contributed by atoms with Crippen LogP contribution in [0, 0.1) is 10.1 Å². The van der Waals surface area contributed by atoms with E-state index in [-0.39, 0.29) is 18.0 Å². The molecule has 0 aliphatic carbocycles. The summed E-state index contributed by atoms with van der Waals surface area (Å²) in [7, 11) is 3.18. The number of benzene rings is 2. The van der Waals surface area contributed by atoms with Gasteiger partial charge in [0.1, 0.15) is 0 Å². The Balaban J connectivity index is 1.81. The van der Waals surface area contributed by atoms with Crippen LogP contribution in [0.2, 0.25) is 0 Å². The van der Waals surface area contributed by atoms with E-state index in [4.69, 9.17) is 9.47 Å². The first kappa shape index (κ1) is 19.2. The Morgan fingerprint density at radius 3 is 2.54 bits per heavy atom. The van der Waals surface area contributed by atoms with Crippen molar-refractivity contribution in [3.63, 3.8) is 0 Å². The summed E-state index contributed by atoms with van der Waals surface area (Å²) in [6, 6.07) is 12.0. The zero-order valence-corrected chi connectivity index (χ0v) is 14.9. The van der Waals surface area contributed by atoms with Crippen molar-refractivity contribution in [3.05, 3.63) is 63.7 Å². The van der Waals surface area contributed by atoms with E-state index < -0.39 is 4.92 Å². The Morgan fingerprint density at radius 1 is 1.12 bits per heavy atom. The van der Waals surface area contributed by atoms with E-state index in [9.17, 15) is 14.9 Å². The molecular weight excluding hydrogens is 336 g/mol. The van der Waals surface area contributed by atoms with Gasteiger partial charge in [0, 0.05) is 18.2 Å². The van der Waals surface area contributed by atoms with E-state index in [2.05, 4.69) is 5.32 Å². The number of nitrogens with one attached hydrogen (secondary N) is 1. The van der Waals surface area contributed by atoms with Crippen LogP contribution in [0.15, 0.2) is 42.5 Å². The van der Waals surface area contributed by atoms with Crippen LogP contribution in [0.5, 0.6) is 11.5 Å². The van der Waals surface area contributed by atoms with Crippen molar-refractivity contribution in [1.82, 2.24) is 5.32 Å². The molecule has 2 rings (SSSR count). The number of carbonyl (C=O) groups is 1. The topological polar surface area (TPSA) is 90.7 Å². The zero-order chi connectivity index (χ0) is 18.9. The summed E-state index contributed by atoms with van der Waals surface area (Å²) in [6.45, 7) is 0.494. The Bertz CT molecular complexity index is 776.